The van der Waals surface area contributed by atoms with Gasteiger partial charge in [0.2, 0.25) is 5.95 Å². The second-order valence-electron chi connectivity index (χ2n) is 7.95. The van der Waals surface area contributed by atoms with Crippen LogP contribution in [0.15, 0.2) is 60.7 Å². The minimum absolute atomic E-state index is 0.148. The Morgan fingerprint density at radius 1 is 0.939 bits per heavy atom. The predicted molar refractivity (Wildman–Crippen MR) is 137 cm³/mol. The Hall–Kier alpha value is -3.22. The lowest BCUT2D eigenvalue weighted by Gasteiger charge is -2.22. The van der Waals surface area contributed by atoms with Crippen molar-refractivity contribution in [2.45, 2.75) is 33.7 Å². The topological polar surface area (TPSA) is 66.9 Å². The summed E-state index contributed by atoms with van der Waals surface area (Å²) in [6.45, 7) is 8.02. The normalized spacial score (nSPS) is 11.8. The first-order valence-corrected chi connectivity index (χ1v) is 11.8. The molecule has 0 aliphatic rings. The van der Waals surface area contributed by atoms with Crippen LogP contribution in [0.2, 0.25) is 5.02 Å². The Balaban J connectivity index is 1.80. The van der Waals surface area contributed by atoms with Crippen molar-refractivity contribution in [1.29, 1.82) is 0 Å². The second-order valence-corrected chi connectivity index (χ2v) is 9.61. The van der Waals surface area contributed by atoms with Crippen LogP contribution < -0.4 is 10.6 Å². The molecule has 1 amide bonds. The van der Waals surface area contributed by atoms with E-state index in [-0.39, 0.29) is 11.9 Å². The van der Waals surface area contributed by atoms with Crippen molar-refractivity contribution in [2.75, 3.05) is 10.6 Å². The summed E-state index contributed by atoms with van der Waals surface area (Å²) in [5.74, 6) is 0.381. The van der Waals surface area contributed by atoms with Crippen LogP contribution >= 0.6 is 22.9 Å². The van der Waals surface area contributed by atoms with E-state index in [2.05, 4.69) is 34.4 Å². The Labute approximate surface area is 202 Å². The number of carbonyl (C=O) groups excluding carboxylic acids is 1. The standard InChI is InChI=1S/C26H25ClN4OS/c1-15-13-16(2)29-26(28-15)30-23(20-11-8-12-21(27)14-20)22-17(3)18(4)33-25(22)31-24(32)19-9-6-5-7-10-19/h5-14,23H,1-4H3,(H,31,32)(H,28,29,30). The summed E-state index contributed by atoms with van der Waals surface area (Å²) in [6, 6.07) is 18.6. The average molecular weight is 477 g/mol. The van der Waals surface area contributed by atoms with Crippen LogP contribution in [0.4, 0.5) is 10.9 Å². The van der Waals surface area contributed by atoms with Crippen molar-refractivity contribution in [2.24, 2.45) is 0 Å². The zero-order chi connectivity index (χ0) is 23.5. The number of halogens is 1. The number of anilines is 2. The Morgan fingerprint density at radius 3 is 2.30 bits per heavy atom. The lowest BCUT2D eigenvalue weighted by molar-refractivity contribution is 0.102. The number of aromatic nitrogens is 2. The van der Waals surface area contributed by atoms with Gasteiger partial charge in [0.05, 0.1) is 6.04 Å². The second kappa shape index (κ2) is 9.73. The van der Waals surface area contributed by atoms with E-state index in [1.54, 1.807) is 23.5 Å². The van der Waals surface area contributed by atoms with E-state index >= 15 is 0 Å². The molecular formula is C26H25ClN4OS. The molecule has 1 atom stereocenters. The Bertz CT molecular complexity index is 1280. The molecule has 0 saturated carbocycles. The molecule has 5 nitrogen and oxygen atoms in total. The molecular weight excluding hydrogens is 452 g/mol. The quantitative estimate of drug-likeness (QED) is 0.318. The van der Waals surface area contributed by atoms with Crippen molar-refractivity contribution in [3.05, 3.63) is 104 Å². The highest BCUT2D eigenvalue weighted by Gasteiger charge is 2.26. The van der Waals surface area contributed by atoms with Gasteiger partial charge in [-0.1, -0.05) is 41.9 Å². The molecule has 0 aliphatic heterocycles. The molecule has 0 saturated heterocycles. The van der Waals surface area contributed by atoms with E-state index in [9.17, 15) is 4.79 Å². The molecule has 2 aromatic heterocycles. The molecule has 168 valence electrons. The van der Waals surface area contributed by atoms with Gasteiger partial charge in [0.25, 0.3) is 5.91 Å². The maximum absolute atomic E-state index is 13.0. The molecule has 4 aromatic rings. The molecule has 1 unspecified atom stereocenters. The van der Waals surface area contributed by atoms with Gasteiger partial charge in [0, 0.05) is 32.4 Å². The van der Waals surface area contributed by atoms with Gasteiger partial charge in [-0.15, -0.1) is 11.3 Å². The zero-order valence-electron chi connectivity index (χ0n) is 18.9. The highest BCUT2D eigenvalue weighted by atomic mass is 35.5. The van der Waals surface area contributed by atoms with Gasteiger partial charge >= 0.3 is 0 Å². The Morgan fingerprint density at radius 2 is 1.64 bits per heavy atom. The van der Waals surface area contributed by atoms with Crippen molar-refractivity contribution < 1.29 is 4.79 Å². The maximum Gasteiger partial charge on any atom is 0.256 e. The van der Waals surface area contributed by atoms with E-state index in [4.69, 9.17) is 11.6 Å². The molecule has 33 heavy (non-hydrogen) atoms. The maximum atomic E-state index is 13.0. The van der Waals surface area contributed by atoms with Gasteiger partial charge in [0.1, 0.15) is 5.00 Å². The number of hydrogen-bond acceptors (Lipinski definition) is 5. The smallest absolute Gasteiger partial charge is 0.256 e. The molecule has 7 heteroatoms. The van der Waals surface area contributed by atoms with E-state index in [0.29, 0.717) is 16.5 Å². The number of hydrogen-bond donors (Lipinski definition) is 2. The first-order chi connectivity index (χ1) is 15.8. The third-order valence-electron chi connectivity index (χ3n) is 5.42. The van der Waals surface area contributed by atoms with Crippen molar-refractivity contribution in [3.8, 4) is 0 Å². The SMILES string of the molecule is Cc1cc(C)nc(NC(c2cccc(Cl)c2)c2c(NC(=O)c3ccccc3)sc(C)c2C)n1. The fourth-order valence-electron chi connectivity index (χ4n) is 3.78. The molecule has 4 rings (SSSR count). The summed E-state index contributed by atoms with van der Waals surface area (Å²) < 4.78 is 0. The molecule has 0 fully saturated rings. The fraction of sp³-hybridized carbons (Fsp3) is 0.192. The van der Waals surface area contributed by atoms with E-state index in [1.807, 2.05) is 62.4 Å². The van der Waals surface area contributed by atoms with Gasteiger partial charge in [-0.25, -0.2) is 9.97 Å². The molecule has 0 spiro atoms. The fourth-order valence-corrected chi connectivity index (χ4v) is 5.07. The van der Waals surface area contributed by atoms with Crippen LogP contribution in [0.3, 0.4) is 0 Å². The van der Waals surface area contributed by atoms with Crippen molar-refractivity contribution in [1.82, 2.24) is 9.97 Å². The van der Waals surface area contributed by atoms with Gasteiger partial charge in [-0.05, 0) is 69.2 Å². The van der Waals surface area contributed by atoms with E-state index < -0.39 is 0 Å². The third kappa shape index (κ3) is 5.24. The molecule has 2 N–H and O–H groups in total. The first-order valence-electron chi connectivity index (χ1n) is 10.6. The number of nitrogens with one attached hydrogen (secondary N) is 2. The third-order valence-corrected chi connectivity index (χ3v) is 6.79. The first kappa shape index (κ1) is 23.0. The zero-order valence-corrected chi connectivity index (χ0v) is 20.5. The summed E-state index contributed by atoms with van der Waals surface area (Å²) in [7, 11) is 0. The largest absolute Gasteiger partial charge is 0.343 e. The van der Waals surface area contributed by atoms with Crippen LogP contribution in [0.25, 0.3) is 0 Å². The van der Waals surface area contributed by atoms with Gasteiger partial charge < -0.3 is 10.6 Å². The number of aryl methyl sites for hydroxylation is 3. The summed E-state index contributed by atoms with van der Waals surface area (Å²) in [4.78, 5) is 23.3. The van der Waals surface area contributed by atoms with Crippen LogP contribution in [0.5, 0.6) is 0 Å². The van der Waals surface area contributed by atoms with Crippen LogP contribution in [-0.2, 0) is 0 Å². The number of thiophene rings is 1. The van der Waals surface area contributed by atoms with Gasteiger partial charge in [-0.3, -0.25) is 4.79 Å². The number of amides is 1. The lowest BCUT2D eigenvalue weighted by atomic mass is 9.96. The van der Waals surface area contributed by atoms with Crippen LogP contribution in [-0.4, -0.2) is 15.9 Å². The monoisotopic (exact) mass is 476 g/mol. The highest BCUT2D eigenvalue weighted by molar-refractivity contribution is 7.16. The van der Waals surface area contributed by atoms with Crippen LogP contribution in [0, 0.1) is 27.7 Å². The van der Waals surface area contributed by atoms with Crippen molar-refractivity contribution in [3.63, 3.8) is 0 Å². The number of nitrogens with zero attached hydrogens (tertiary/aromatic N) is 2. The van der Waals surface area contributed by atoms with E-state index in [1.165, 1.54) is 0 Å². The minimum Gasteiger partial charge on any atom is -0.343 e. The predicted octanol–water partition coefficient (Wildman–Crippen LogP) is 6.88. The summed E-state index contributed by atoms with van der Waals surface area (Å²) >= 11 is 7.92. The molecule has 2 aromatic carbocycles. The number of rotatable bonds is 6. The van der Waals surface area contributed by atoms with Crippen LogP contribution in [0.1, 0.15) is 49.4 Å². The molecule has 0 bridgehead atoms. The van der Waals surface area contributed by atoms with Gasteiger partial charge in [-0.2, -0.15) is 0 Å². The summed E-state index contributed by atoms with van der Waals surface area (Å²) in [5.41, 5.74) is 5.41. The molecule has 2 heterocycles. The number of carbonyl (C=O) groups is 1. The molecule has 0 radical (unpaired) electrons. The van der Waals surface area contributed by atoms with Crippen molar-refractivity contribution >= 4 is 39.8 Å². The summed E-state index contributed by atoms with van der Waals surface area (Å²) in [6.07, 6.45) is 0. The highest BCUT2D eigenvalue weighted by Crippen LogP contribution is 2.41. The Kier molecular flexibility index (Phi) is 6.77. The minimum atomic E-state index is -0.305. The molecule has 0 aliphatic carbocycles. The van der Waals surface area contributed by atoms with E-state index in [0.717, 1.165) is 38.0 Å². The average Bonchev–Trinajstić information content (AvgIpc) is 3.05. The summed E-state index contributed by atoms with van der Waals surface area (Å²) in [5, 5.41) is 8.06. The van der Waals surface area contributed by atoms with Gasteiger partial charge in [0.15, 0.2) is 0 Å². The lowest BCUT2D eigenvalue weighted by Crippen LogP contribution is -2.19. The number of benzene rings is 2.